The van der Waals surface area contributed by atoms with Gasteiger partial charge in [0.2, 0.25) is 0 Å². The quantitative estimate of drug-likeness (QED) is 0.535. The van der Waals surface area contributed by atoms with E-state index in [9.17, 15) is 15.0 Å². The van der Waals surface area contributed by atoms with Gasteiger partial charge in [-0.15, -0.1) is 0 Å². The lowest BCUT2D eigenvalue weighted by atomic mass is 10.1. The number of aromatic carboxylic acids is 1. The van der Waals surface area contributed by atoms with Gasteiger partial charge >= 0.3 is 5.97 Å². The second kappa shape index (κ2) is 8.89. The van der Waals surface area contributed by atoms with Gasteiger partial charge in [-0.25, -0.2) is 4.79 Å². The van der Waals surface area contributed by atoms with E-state index in [1.54, 1.807) is 48.5 Å². The highest BCUT2D eigenvalue weighted by atomic mass is 16.4. The SMILES string of the molecule is O=C(O)c1cccnc1.Oc1ccc(C=Cc2cc(O)cc(O)c2)cc1. The molecule has 2 aromatic carbocycles. The highest BCUT2D eigenvalue weighted by Crippen LogP contribution is 2.22. The number of phenols is 3. The molecule has 0 aliphatic rings. The minimum absolute atomic E-state index is 0.0235. The zero-order valence-corrected chi connectivity index (χ0v) is 13.6. The summed E-state index contributed by atoms with van der Waals surface area (Å²) < 4.78 is 0. The largest absolute Gasteiger partial charge is 0.508 e. The smallest absolute Gasteiger partial charge is 0.337 e. The van der Waals surface area contributed by atoms with E-state index >= 15 is 0 Å². The fourth-order valence-corrected chi connectivity index (χ4v) is 1.98. The van der Waals surface area contributed by atoms with E-state index in [0.717, 1.165) is 5.56 Å². The zero-order chi connectivity index (χ0) is 18.9. The first kappa shape index (κ1) is 18.5. The van der Waals surface area contributed by atoms with Crippen LogP contribution in [-0.2, 0) is 0 Å². The van der Waals surface area contributed by atoms with Crippen LogP contribution in [0.2, 0.25) is 0 Å². The standard InChI is InChI=1S/C14H12O3.C6H5NO2/c15-12-5-3-10(4-6-12)1-2-11-7-13(16)9-14(17)8-11;8-6(9)5-2-1-3-7-4-5/h1-9,15-17H;1-4H,(H,8,9). The number of benzene rings is 2. The van der Waals surface area contributed by atoms with Crippen molar-refractivity contribution in [3.63, 3.8) is 0 Å². The Kier molecular flexibility index (Phi) is 6.34. The number of aromatic nitrogens is 1. The molecule has 3 rings (SSSR count). The van der Waals surface area contributed by atoms with Crippen LogP contribution in [0.5, 0.6) is 17.2 Å². The molecule has 1 heterocycles. The summed E-state index contributed by atoms with van der Waals surface area (Å²) in [5.74, 6) is -0.675. The number of pyridine rings is 1. The molecule has 0 saturated heterocycles. The van der Waals surface area contributed by atoms with Crippen molar-refractivity contribution in [3.05, 3.63) is 83.7 Å². The topological polar surface area (TPSA) is 111 Å². The monoisotopic (exact) mass is 351 g/mol. The molecule has 6 heteroatoms. The predicted octanol–water partition coefficient (Wildman–Crippen LogP) is 3.75. The first-order chi connectivity index (χ1) is 12.4. The molecule has 3 aromatic rings. The third-order valence-corrected chi connectivity index (χ3v) is 3.19. The molecule has 4 N–H and O–H groups in total. The van der Waals surface area contributed by atoms with E-state index in [1.807, 2.05) is 6.08 Å². The Hall–Kier alpha value is -3.80. The van der Waals surface area contributed by atoms with Crippen LogP contribution in [0.4, 0.5) is 0 Å². The molecule has 0 unspecified atom stereocenters. The van der Waals surface area contributed by atoms with Gasteiger partial charge in [-0.2, -0.15) is 0 Å². The minimum Gasteiger partial charge on any atom is -0.508 e. The second-order valence-electron chi connectivity index (χ2n) is 5.25. The average molecular weight is 351 g/mol. The highest BCUT2D eigenvalue weighted by molar-refractivity contribution is 5.86. The van der Waals surface area contributed by atoms with Crippen LogP contribution in [-0.4, -0.2) is 31.4 Å². The lowest BCUT2D eigenvalue weighted by molar-refractivity contribution is 0.0696. The van der Waals surface area contributed by atoms with Gasteiger partial charge < -0.3 is 20.4 Å². The minimum atomic E-state index is -0.942. The van der Waals surface area contributed by atoms with E-state index in [1.165, 1.54) is 24.5 Å². The summed E-state index contributed by atoms with van der Waals surface area (Å²) in [4.78, 5) is 13.8. The summed E-state index contributed by atoms with van der Waals surface area (Å²) in [5.41, 5.74) is 1.85. The normalized spacial score (nSPS) is 10.2. The summed E-state index contributed by atoms with van der Waals surface area (Å²) in [6.45, 7) is 0. The molecule has 0 atom stereocenters. The van der Waals surface area contributed by atoms with Crippen molar-refractivity contribution in [2.24, 2.45) is 0 Å². The number of phenolic OH excluding ortho intramolecular Hbond substituents is 3. The lowest BCUT2D eigenvalue weighted by Crippen LogP contribution is -1.94. The molecule has 26 heavy (non-hydrogen) atoms. The average Bonchev–Trinajstić information content (AvgIpc) is 2.62. The molecule has 1 aromatic heterocycles. The van der Waals surface area contributed by atoms with E-state index in [4.69, 9.17) is 10.2 Å². The molecular weight excluding hydrogens is 334 g/mol. The van der Waals surface area contributed by atoms with Crippen molar-refractivity contribution >= 4 is 18.1 Å². The van der Waals surface area contributed by atoms with Gasteiger partial charge in [0.15, 0.2) is 0 Å². The molecule has 0 amide bonds. The van der Waals surface area contributed by atoms with E-state index in [2.05, 4.69) is 4.98 Å². The van der Waals surface area contributed by atoms with Gasteiger partial charge in [0.05, 0.1) is 5.56 Å². The van der Waals surface area contributed by atoms with Crippen LogP contribution >= 0.6 is 0 Å². The Bertz CT molecular complexity index is 870. The summed E-state index contributed by atoms with van der Waals surface area (Å²) in [7, 11) is 0. The molecule has 0 saturated carbocycles. The van der Waals surface area contributed by atoms with Crippen LogP contribution in [0.1, 0.15) is 21.5 Å². The third-order valence-electron chi connectivity index (χ3n) is 3.19. The van der Waals surface area contributed by atoms with Crippen molar-refractivity contribution < 1.29 is 25.2 Å². The number of nitrogens with zero attached hydrogens (tertiary/aromatic N) is 1. The number of rotatable bonds is 3. The fraction of sp³-hybridized carbons (Fsp3) is 0. The molecule has 0 radical (unpaired) electrons. The third kappa shape index (κ3) is 6.01. The number of hydrogen-bond acceptors (Lipinski definition) is 5. The maximum Gasteiger partial charge on any atom is 0.337 e. The van der Waals surface area contributed by atoms with Gasteiger partial charge in [0, 0.05) is 18.5 Å². The summed E-state index contributed by atoms with van der Waals surface area (Å²) in [5, 5.41) is 36.1. The van der Waals surface area contributed by atoms with Crippen LogP contribution in [0.15, 0.2) is 67.0 Å². The molecule has 0 spiro atoms. The Morgan fingerprint density at radius 1 is 0.808 bits per heavy atom. The second-order valence-corrected chi connectivity index (χ2v) is 5.25. The number of hydrogen-bond donors (Lipinski definition) is 4. The fourth-order valence-electron chi connectivity index (χ4n) is 1.98. The summed E-state index contributed by atoms with van der Waals surface area (Å²) in [6.07, 6.45) is 6.44. The number of carboxylic acids is 1. The van der Waals surface area contributed by atoms with Crippen molar-refractivity contribution in [2.75, 3.05) is 0 Å². The maximum atomic E-state index is 10.2. The van der Waals surface area contributed by atoms with Gasteiger partial charge in [-0.1, -0.05) is 24.3 Å². The van der Waals surface area contributed by atoms with E-state index in [-0.39, 0.29) is 22.8 Å². The Morgan fingerprint density at radius 3 is 1.92 bits per heavy atom. The molecule has 0 aliphatic carbocycles. The van der Waals surface area contributed by atoms with Gasteiger partial charge in [0.25, 0.3) is 0 Å². The van der Waals surface area contributed by atoms with Crippen LogP contribution in [0.25, 0.3) is 12.2 Å². The van der Waals surface area contributed by atoms with Gasteiger partial charge in [-0.3, -0.25) is 4.98 Å². The highest BCUT2D eigenvalue weighted by Gasteiger charge is 1.98. The van der Waals surface area contributed by atoms with Crippen LogP contribution in [0.3, 0.4) is 0 Å². The van der Waals surface area contributed by atoms with Crippen molar-refractivity contribution in [2.45, 2.75) is 0 Å². The maximum absolute atomic E-state index is 10.2. The number of carbonyl (C=O) groups is 1. The van der Waals surface area contributed by atoms with Crippen LogP contribution in [0, 0.1) is 0 Å². The van der Waals surface area contributed by atoms with Crippen LogP contribution < -0.4 is 0 Å². The lowest BCUT2D eigenvalue weighted by Gasteiger charge is -1.98. The Labute approximate surface area is 150 Å². The predicted molar refractivity (Wildman–Crippen MR) is 98.0 cm³/mol. The molecule has 6 nitrogen and oxygen atoms in total. The van der Waals surface area contributed by atoms with Gasteiger partial charge in [0.1, 0.15) is 17.2 Å². The van der Waals surface area contributed by atoms with Gasteiger partial charge in [-0.05, 0) is 47.5 Å². The van der Waals surface area contributed by atoms with E-state index in [0.29, 0.717) is 5.56 Å². The summed E-state index contributed by atoms with van der Waals surface area (Å²) >= 11 is 0. The number of carboxylic acid groups (broad SMARTS) is 1. The molecule has 0 aliphatic heterocycles. The molecule has 0 fully saturated rings. The first-order valence-corrected chi connectivity index (χ1v) is 7.57. The molecule has 132 valence electrons. The molecule has 0 bridgehead atoms. The number of aromatic hydroxyl groups is 3. The molecular formula is C20H17NO5. The van der Waals surface area contributed by atoms with Crippen molar-refractivity contribution in [3.8, 4) is 17.2 Å². The van der Waals surface area contributed by atoms with E-state index < -0.39 is 5.97 Å². The Morgan fingerprint density at radius 2 is 1.42 bits per heavy atom. The first-order valence-electron chi connectivity index (χ1n) is 7.57. The Balaban J connectivity index is 0.000000228. The zero-order valence-electron chi connectivity index (χ0n) is 13.6. The summed E-state index contributed by atoms with van der Waals surface area (Å²) in [6, 6.07) is 14.2. The van der Waals surface area contributed by atoms with Crippen molar-refractivity contribution in [1.82, 2.24) is 4.98 Å². The van der Waals surface area contributed by atoms with Crippen molar-refractivity contribution in [1.29, 1.82) is 0 Å².